The number of hydrogen-bond donors (Lipinski definition) is 1. The Morgan fingerprint density at radius 3 is 2.76 bits per heavy atom. The van der Waals surface area contributed by atoms with Crippen LogP contribution in [0.1, 0.15) is 25.0 Å². The first-order valence-corrected chi connectivity index (χ1v) is 8.95. The number of sulfonamides is 1. The van der Waals surface area contributed by atoms with Gasteiger partial charge >= 0.3 is 0 Å². The standard InChI is InChI=1S/C14H22N4O2S/c15-10-13-14(4-3-6-16-13)21(19,20)18-9-5-12(11-18)17-7-1-2-8-17/h3-4,6,12H,1-2,5,7-11,15H2. The van der Waals surface area contributed by atoms with E-state index in [1.54, 1.807) is 22.6 Å². The Morgan fingerprint density at radius 1 is 1.29 bits per heavy atom. The number of likely N-dealkylation sites (tertiary alicyclic amines) is 1. The van der Waals surface area contributed by atoms with Crippen molar-refractivity contribution in [3.8, 4) is 0 Å². The summed E-state index contributed by atoms with van der Waals surface area (Å²) in [5, 5.41) is 0. The molecule has 2 aliphatic rings. The summed E-state index contributed by atoms with van der Waals surface area (Å²) in [6.07, 6.45) is 4.95. The molecule has 2 aliphatic heterocycles. The van der Waals surface area contributed by atoms with Gasteiger partial charge in [0, 0.05) is 31.9 Å². The van der Waals surface area contributed by atoms with E-state index >= 15 is 0 Å². The summed E-state index contributed by atoms with van der Waals surface area (Å²) in [6, 6.07) is 3.62. The lowest BCUT2D eigenvalue weighted by Gasteiger charge is -2.23. The minimum atomic E-state index is -3.48. The molecule has 2 fully saturated rings. The smallest absolute Gasteiger partial charge is 0.244 e. The van der Waals surface area contributed by atoms with E-state index in [2.05, 4.69) is 9.88 Å². The fraction of sp³-hybridized carbons (Fsp3) is 0.643. The normalized spacial score (nSPS) is 24.7. The topological polar surface area (TPSA) is 79.5 Å². The van der Waals surface area contributed by atoms with Gasteiger partial charge in [0.25, 0.3) is 0 Å². The average molecular weight is 310 g/mol. The van der Waals surface area contributed by atoms with Crippen LogP contribution in [0.25, 0.3) is 0 Å². The molecule has 2 saturated heterocycles. The number of aromatic nitrogens is 1. The van der Waals surface area contributed by atoms with Crippen LogP contribution in [0.4, 0.5) is 0 Å². The lowest BCUT2D eigenvalue weighted by molar-refractivity contribution is 0.251. The molecule has 3 rings (SSSR count). The predicted octanol–water partition coefficient (Wildman–Crippen LogP) is 0.399. The number of pyridine rings is 1. The molecule has 1 unspecified atom stereocenters. The summed E-state index contributed by atoms with van der Waals surface area (Å²) >= 11 is 0. The second-order valence-electron chi connectivity index (χ2n) is 5.70. The molecule has 1 aromatic rings. The van der Waals surface area contributed by atoms with Crippen LogP contribution in [-0.4, -0.2) is 54.8 Å². The second kappa shape index (κ2) is 6.00. The number of nitrogens with two attached hydrogens (primary N) is 1. The molecule has 0 spiro atoms. The van der Waals surface area contributed by atoms with E-state index < -0.39 is 10.0 Å². The van der Waals surface area contributed by atoms with Gasteiger partial charge in [-0.2, -0.15) is 4.31 Å². The summed E-state index contributed by atoms with van der Waals surface area (Å²) < 4.78 is 27.2. The van der Waals surface area contributed by atoms with E-state index in [1.807, 2.05) is 0 Å². The van der Waals surface area contributed by atoms with E-state index in [0.29, 0.717) is 24.8 Å². The molecule has 116 valence electrons. The maximum absolute atomic E-state index is 12.8. The van der Waals surface area contributed by atoms with Gasteiger partial charge < -0.3 is 5.73 Å². The fourth-order valence-electron chi connectivity index (χ4n) is 3.28. The number of rotatable bonds is 4. The largest absolute Gasteiger partial charge is 0.325 e. The third kappa shape index (κ3) is 2.83. The van der Waals surface area contributed by atoms with Crippen LogP contribution < -0.4 is 5.73 Å². The molecular weight excluding hydrogens is 288 g/mol. The average Bonchev–Trinajstić information content (AvgIpc) is 3.17. The summed E-state index contributed by atoms with van der Waals surface area (Å²) in [4.78, 5) is 6.77. The van der Waals surface area contributed by atoms with E-state index in [-0.39, 0.29) is 11.4 Å². The van der Waals surface area contributed by atoms with Crippen molar-refractivity contribution in [3.63, 3.8) is 0 Å². The van der Waals surface area contributed by atoms with Crippen molar-refractivity contribution in [2.24, 2.45) is 5.73 Å². The Hall–Kier alpha value is -1.02. The Balaban J connectivity index is 1.79. The third-order valence-corrected chi connectivity index (χ3v) is 6.38. The summed E-state index contributed by atoms with van der Waals surface area (Å²) in [5.41, 5.74) is 6.07. The molecule has 6 nitrogen and oxygen atoms in total. The minimum absolute atomic E-state index is 0.138. The van der Waals surface area contributed by atoms with Crippen LogP contribution >= 0.6 is 0 Å². The maximum Gasteiger partial charge on any atom is 0.244 e. The van der Waals surface area contributed by atoms with E-state index in [1.165, 1.54) is 12.8 Å². The highest BCUT2D eigenvalue weighted by Gasteiger charge is 2.36. The van der Waals surface area contributed by atoms with Crippen molar-refractivity contribution in [2.75, 3.05) is 26.2 Å². The van der Waals surface area contributed by atoms with Gasteiger partial charge in [0.2, 0.25) is 10.0 Å². The Kier molecular flexibility index (Phi) is 4.26. The Labute approximate surface area is 126 Å². The zero-order valence-corrected chi connectivity index (χ0v) is 12.9. The molecule has 0 saturated carbocycles. The zero-order chi connectivity index (χ0) is 14.9. The Bertz CT molecular complexity index is 599. The lowest BCUT2D eigenvalue weighted by Crippen LogP contribution is -2.37. The van der Waals surface area contributed by atoms with Crippen LogP contribution in [0.3, 0.4) is 0 Å². The predicted molar refractivity (Wildman–Crippen MR) is 80.1 cm³/mol. The SMILES string of the molecule is NCc1ncccc1S(=O)(=O)N1CCC(N2CCCC2)C1. The second-order valence-corrected chi connectivity index (χ2v) is 7.61. The quantitative estimate of drug-likeness (QED) is 0.871. The van der Waals surface area contributed by atoms with E-state index in [4.69, 9.17) is 5.73 Å². The number of nitrogens with zero attached hydrogens (tertiary/aromatic N) is 3. The van der Waals surface area contributed by atoms with Crippen molar-refractivity contribution >= 4 is 10.0 Å². The monoisotopic (exact) mass is 310 g/mol. The van der Waals surface area contributed by atoms with Crippen molar-refractivity contribution in [3.05, 3.63) is 24.0 Å². The van der Waals surface area contributed by atoms with Crippen LogP contribution in [-0.2, 0) is 16.6 Å². The molecule has 0 aromatic carbocycles. The van der Waals surface area contributed by atoms with Gasteiger partial charge in [0.15, 0.2) is 0 Å². The summed E-state index contributed by atoms with van der Waals surface area (Å²) in [7, 11) is -3.48. The molecule has 21 heavy (non-hydrogen) atoms. The van der Waals surface area contributed by atoms with Crippen LogP contribution in [0.15, 0.2) is 23.2 Å². The molecule has 3 heterocycles. The molecule has 0 bridgehead atoms. The molecule has 1 atom stereocenters. The molecule has 0 amide bonds. The van der Waals surface area contributed by atoms with Gasteiger partial charge in [-0.25, -0.2) is 8.42 Å². The first kappa shape index (κ1) is 14.9. The first-order valence-electron chi connectivity index (χ1n) is 7.51. The minimum Gasteiger partial charge on any atom is -0.325 e. The van der Waals surface area contributed by atoms with Crippen molar-refractivity contribution in [2.45, 2.75) is 36.7 Å². The Morgan fingerprint density at radius 2 is 2.05 bits per heavy atom. The first-order chi connectivity index (χ1) is 10.1. The highest BCUT2D eigenvalue weighted by atomic mass is 32.2. The summed E-state index contributed by atoms with van der Waals surface area (Å²) in [5.74, 6) is 0. The van der Waals surface area contributed by atoms with Gasteiger partial charge in [-0.05, 0) is 44.5 Å². The van der Waals surface area contributed by atoms with E-state index in [0.717, 1.165) is 19.5 Å². The maximum atomic E-state index is 12.8. The molecule has 0 radical (unpaired) electrons. The van der Waals surface area contributed by atoms with Gasteiger partial charge in [0.05, 0.1) is 5.69 Å². The molecule has 7 heteroatoms. The highest BCUT2D eigenvalue weighted by Crippen LogP contribution is 2.26. The summed E-state index contributed by atoms with van der Waals surface area (Å²) in [6.45, 7) is 3.50. The molecular formula is C14H22N4O2S. The molecule has 1 aromatic heterocycles. The van der Waals surface area contributed by atoms with Gasteiger partial charge in [0.1, 0.15) is 4.90 Å². The van der Waals surface area contributed by atoms with Gasteiger partial charge in [-0.3, -0.25) is 9.88 Å². The number of hydrogen-bond acceptors (Lipinski definition) is 5. The third-order valence-electron chi connectivity index (χ3n) is 4.44. The molecule has 2 N–H and O–H groups in total. The van der Waals surface area contributed by atoms with Crippen LogP contribution in [0.2, 0.25) is 0 Å². The van der Waals surface area contributed by atoms with Crippen LogP contribution in [0.5, 0.6) is 0 Å². The van der Waals surface area contributed by atoms with Gasteiger partial charge in [-0.1, -0.05) is 0 Å². The zero-order valence-electron chi connectivity index (χ0n) is 12.1. The fourth-order valence-corrected chi connectivity index (χ4v) is 4.96. The van der Waals surface area contributed by atoms with Crippen molar-refractivity contribution < 1.29 is 8.42 Å². The van der Waals surface area contributed by atoms with E-state index in [9.17, 15) is 8.42 Å². The highest BCUT2D eigenvalue weighted by molar-refractivity contribution is 7.89. The van der Waals surface area contributed by atoms with Crippen LogP contribution in [0, 0.1) is 0 Å². The molecule has 0 aliphatic carbocycles. The van der Waals surface area contributed by atoms with Crippen molar-refractivity contribution in [1.82, 2.24) is 14.2 Å². The van der Waals surface area contributed by atoms with Gasteiger partial charge in [-0.15, -0.1) is 0 Å². The lowest BCUT2D eigenvalue weighted by atomic mass is 10.2. The van der Waals surface area contributed by atoms with Crippen molar-refractivity contribution in [1.29, 1.82) is 0 Å².